The fraction of sp³-hybridized carbons (Fsp3) is 0.556. The van der Waals surface area contributed by atoms with Gasteiger partial charge in [0.05, 0.1) is 16.3 Å². The van der Waals surface area contributed by atoms with Crippen molar-refractivity contribution in [1.29, 1.82) is 0 Å². The van der Waals surface area contributed by atoms with Gasteiger partial charge in [-0.3, -0.25) is 4.79 Å². The molecule has 4 nitrogen and oxygen atoms in total. The van der Waals surface area contributed by atoms with E-state index in [-0.39, 0.29) is 30.9 Å². The quantitative estimate of drug-likeness (QED) is 0.680. The molecular weight excluding hydrogens is 377 g/mol. The first-order valence-corrected chi connectivity index (χ1v) is 9.46. The minimum atomic E-state index is 0. The fourth-order valence-electron chi connectivity index (χ4n) is 3.27. The Morgan fingerprint density at radius 1 is 1.20 bits per heavy atom. The van der Waals surface area contributed by atoms with Crippen LogP contribution in [0.1, 0.15) is 56.0 Å². The molecule has 1 aliphatic rings. The maximum Gasteiger partial charge on any atom is 0.223 e. The second-order valence-electron chi connectivity index (χ2n) is 6.22. The number of fused-ring (bicyclic) bond motifs is 1. The van der Waals surface area contributed by atoms with Gasteiger partial charge in [-0.15, -0.1) is 36.2 Å². The van der Waals surface area contributed by atoms with Crippen LogP contribution in [0.4, 0.5) is 0 Å². The highest BCUT2D eigenvalue weighted by Gasteiger charge is 2.31. The van der Waals surface area contributed by atoms with Crippen molar-refractivity contribution in [1.82, 2.24) is 9.88 Å². The van der Waals surface area contributed by atoms with E-state index in [1.54, 1.807) is 11.3 Å². The number of benzene rings is 1. The van der Waals surface area contributed by atoms with E-state index in [0.29, 0.717) is 12.3 Å². The zero-order chi connectivity index (χ0) is 16.1. The molecular formula is C18H27Cl2N3OS. The minimum Gasteiger partial charge on any atom is -0.333 e. The van der Waals surface area contributed by atoms with Gasteiger partial charge in [-0.25, -0.2) is 4.98 Å². The van der Waals surface area contributed by atoms with Crippen LogP contribution >= 0.6 is 36.2 Å². The number of thiazole rings is 1. The number of para-hydroxylation sites is 1. The summed E-state index contributed by atoms with van der Waals surface area (Å²) in [5, 5.41) is 1.10. The Morgan fingerprint density at radius 3 is 2.72 bits per heavy atom. The normalized spacial score (nSPS) is 16.5. The molecule has 7 heteroatoms. The van der Waals surface area contributed by atoms with Crippen molar-refractivity contribution in [3.63, 3.8) is 0 Å². The molecule has 1 amide bonds. The number of likely N-dealkylation sites (tertiary alicyclic amines) is 1. The molecule has 2 heterocycles. The number of carbonyl (C=O) groups is 1. The molecule has 1 aromatic heterocycles. The number of nitrogens with two attached hydrogens (primary N) is 1. The van der Waals surface area contributed by atoms with Gasteiger partial charge in [-0.1, -0.05) is 25.0 Å². The molecule has 3 rings (SSSR count). The summed E-state index contributed by atoms with van der Waals surface area (Å²) < 4.78 is 1.21. The van der Waals surface area contributed by atoms with Crippen molar-refractivity contribution < 1.29 is 4.79 Å². The van der Waals surface area contributed by atoms with Gasteiger partial charge in [0, 0.05) is 13.0 Å². The molecule has 0 bridgehead atoms. The lowest BCUT2D eigenvalue weighted by Crippen LogP contribution is -2.30. The van der Waals surface area contributed by atoms with E-state index in [1.807, 2.05) is 18.2 Å². The van der Waals surface area contributed by atoms with E-state index in [4.69, 9.17) is 10.7 Å². The molecule has 0 spiro atoms. The van der Waals surface area contributed by atoms with Crippen molar-refractivity contribution in [2.75, 3.05) is 13.1 Å². The summed E-state index contributed by atoms with van der Waals surface area (Å²) in [7, 11) is 0. The predicted molar refractivity (Wildman–Crippen MR) is 110 cm³/mol. The molecule has 140 valence electrons. The smallest absolute Gasteiger partial charge is 0.223 e. The second kappa shape index (κ2) is 11.0. The van der Waals surface area contributed by atoms with Gasteiger partial charge in [0.25, 0.3) is 0 Å². The Balaban J connectivity index is 0.00000156. The minimum absolute atomic E-state index is 0. The maximum absolute atomic E-state index is 12.6. The first kappa shape index (κ1) is 22.2. The molecule has 2 aromatic rings. The fourth-order valence-corrected chi connectivity index (χ4v) is 4.39. The van der Waals surface area contributed by atoms with Crippen LogP contribution in [-0.2, 0) is 4.79 Å². The van der Waals surface area contributed by atoms with Gasteiger partial charge in [-0.2, -0.15) is 0 Å². The van der Waals surface area contributed by atoms with Crippen molar-refractivity contribution in [3.05, 3.63) is 29.3 Å². The summed E-state index contributed by atoms with van der Waals surface area (Å²) in [5.41, 5.74) is 6.55. The molecule has 2 N–H and O–H groups in total. The molecule has 25 heavy (non-hydrogen) atoms. The first-order valence-electron chi connectivity index (χ1n) is 8.64. The standard InChI is InChI=1S/C18H25N3OS.2ClH/c19-12-6-2-1-3-11-17(22)21-13-7-9-15(21)18-20-14-8-4-5-10-16(14)23-18;;/h4-5,8,10,15H,1-3,6-7,9,11-13,19H2;2*1H. The molecule has 0 saturated carbocycles. The third-order valence-corrected chi connectivity index (χ3v) is 5.65. The van der Waals surface area contributed by atoms with Gasteiger partial charge in [0.15, 0.2) is 0 Å². The van der Waals surface area contributed by atoms with Crippen LogP contribution in [0.2, 0.25) is 0 Å². The zero-order valence-corrected chi connectivity index (χ0v) is 16.8. The van der Waals surface area contributed by atoms with Crippen LogP contribution in [0, 0.1) is 0 Å². The molecule has 1 atom stereocenters. The molecule has 0 aliphatic carbocycles. The van der Waals surface area contributed by atoms with E-state index in [9.17, 15) is 4.79 Å². The maximum atomic E-state index is 12.6. The molecule has 1 fully saturated rings. The number of hydrogen-bond donors (Lipinski definition) is 1. The van der Waals surface area contributed by atoms with Crippen LogP contribution < -0.4 is 5.73 Å². The van der Waals surface area contributed by atoms with Gasteiger partial charge < -0.3 is 10.6 Å². The molecule has 1 aliphatic heterocycles. The predicted octanol–water partition coefficient (Wildman–Crippen LogP) is 4.71. The largest absolute Gasteiger partial charge is 0.333 e. The summed E-state index contributed by atoms with van der Waals surface area (Å²) in [6.07, 6.45) is 7.05. The van der Waals surface area contributed by atoms with Crippen molar-refractivity contribution in [2.45, 2.75) is 51.0 Å². The average Bonchev–Trinajstić information content (AvgIpc) is 3.20. The number of unbranched alkanes of at least 4 members (excludes halogenated alkanes) is 3. The number of amides is 1. The summed E-state index contributed by atoms with van der Waals surface area (Å²) in [6, 6.07) is 8.40. The van der Waals surface area contributed by atoms with Crippen LogP contribution in [0.5, 0.6) is 0 Å². The van der Waals surface area contributed by atoms with Crippen molar-refractivity contribution in [3.8, 4) is 0 Å². The summed E-state index contributed by atoms with van der Waals surface area (Å²) in [4.78, 5) is 19.4. The summed E-state index contributed by atoms with van der Waals surface area (Å²) in [6.45, 7) is 1.63. The third kappa shape index (κ3) is 5.55. The van der Waals surface area contributed by atoms with E-state index in [1.165, 1.54) is 4.70 Å². The molecule has 1 aromatic carbocycles. The van der Waals surface area contributed by atoms with Gasteiger partial charge in [0.1, 0.15) is 5.01 Å². The highest BCUT2D eigenvalue weighted by molar-refractivity contribution is 7.18. The lowest BCUT2D eigenvalue weighted by atomic mass is 10.1. The second-order valence-corrected chi connectivity index (χ2v) is 7.28. The Morgan fingerprint density at radius 2 is 1.96 bits per heavy atom. The number of halogens is 2. The Hall–Kier alpha value is -0.880. The van der Waals surface area contributed by atoms with Gasteiger partial charge in [-0.05, 0) is 44.4 Å². The third-order valence-electron chi connectivity index (χ3n) is 4.51. The van der Waals surface area contributed by atoms with E-state index in [0.717, 1.165) is 62.1 Å². The van der Waals surface area contributed by atoms with Crippen LogP contribution in [0.3, 0.4) is 0 Å². The van der Waals surface area contributed by atoms with Crippen molar-refractivity contribution >= 4 is 52.3 Å². The monoisotopic (exact) mass is 403 g/mol. The summed E-state index contributed by atoms with van der Waals surface area (Å²) >= 11 is 1.73. The Labute approximate surface area is 166 Å². The topological polar surface area (TPSA) is 59.2 Å². The SMILES string of the molecule is Cl.Cl.NCCCCCCC(=O)N1CCCC1c1nc2ccccc2s1. The Kier molecular flexibility index (Phi) is 9.72. The molecule has 1 saturated heterocycles. The lowest BCUT2D eigenvalue weighted by molar-refractivity contribution is -0.132. The number of nitrogens with zero attached hydrogens (tertiary/aromatic N) is 2. The molecule has 1 unspecified atom stereocenters. The van der Waals surface area contributed by atoms with Crippen LogP contribution in [-0.4, -0.2) is 28.9 Å². The lowest BCUT2D eigenvalue weighted by Gasteiger charge is -2.23. The van der Waals surface area contributed by atoms with Gasteiger partial charge in [0.2, 0.25) is 5.91 Å². The first-order chi connectivity index (χ1) is 11.3. The molecule has 0 radical (unpaired) electrons. The highest BCUT2D eigenvalue weighted by Crippen LogP contribution is 2.36. The van der Waals surface area contributed by atoms with E-state index in [2.05, 4.69) is 11.0 Å². The van der Waals surface area contributed by atoms with Crippen LogP contribution in [0.25, 0.3) is 10.2 Å². The Bertz CT molecular complexity index is 632. The zero-order valence-electron chi connectivity index (χ0n) is 14.4. The van der Waals surface area contributed by atoms with Gasteiger partial charge >= 0.3 is 0 Å². The highest BCUT2D eigenvalue weighted by atomic mass is 35.5. The number of aromatic nitrogens is 1. The van der Waals surface area contributed by atoms with E-state index < -0.39 is 0 Å². The number of hydrogen-bond acceptors (Lipinski definition) is 4. The average molecular weight is 404 g/mol. The van der Waals surface area contributed by atoms with Crippen LogP contribution in [0.15, 0.2) is 24.3 Å². The summed E-state index contributed by atoms with van der Waals surface area (Å²) in [5.74, 6) is 0.291. The van der Waals surface area contributed by atoms with E-state index >= 15 is 0 Å². The van der Waals surface area contributed by atoms with Crippen molar-refractivity contribution in [2.24, 2.45) is 5.73 Å². The number of carbonyl (C=O) groups excluding carboxylic acids is 1. The number of rotatable bonds is 7.